The molecule has 0 aliphatic carbocycles. The summed E-state index contributed by atoms with van der Waals surface area (Å²) in [4.78, 5) is 19.8. The summed E-state index contributed by atoms with van der Waals surface area (Å²) in [5.74, 6) is 0. The molecule has 4 nitrogen and oxygen atoms in total. The lowest BCUT2D eigenvalue weighted by atomic mass is 10.2. The number of halogens is 2. The van der Waals surface area contributed by atoms with Gasteiger partial charge in [0.2, 0.25) is 0 Å². The molecule has 0 aliphatic rings. The smallest absolute Gasteiger partial charge is 0.305 e. The molecule has 2 heterocycles. The van der Waals surface area contributed by atoms with Crippen LogP contribution in [0.15, 0.2) is 50.1 Å². The van der Waals surface area contributed by atoms with Crippen LogP contribution < -0.4 is 5.69 Å². The number of benzene rings is 2. The second kappa shape index (κ2) is 4.17. The predicted octanol–water partition coefficient (Wildman–Crippen LogP) is 3.85. The van der Waals surface area contributed by atoms with Crippen LogP contribution in [-0.4, -0.2) is 14.4 Å². The van der Waals surface area contributed by atoms with Gasteiger partial charge in [-0.25, -0.2) is 14.2 Å². The summed E-state index contributed by atoms with van der Waals surface area (Å²) in [6.07, 6.45) is 0. The topological polar surface area (TPSA) is 50.2 Å². The molecule has 0 atom stereocenters. The summed E-state index contributed by atoms with van der Waals surface area (Å²) >= 11 is 6.95. The number of aromatic nitrogens is 3. The molecule has 0 radical (unpaired) electrons. The van der Waals surface area contributed by atoms with Gasteiger partial charge in [-0.3, -0.25) is 0 Å². The molecule has 1 N–H and O–H groups in total. The normalized spacial score (nSPS) is 11.7. The fourth-order valence-corrected chi connectivity index (χ4v) is 3.78. The average molecular weight is 393 g/mol. The monoisotopic (exact) mass is 391 g/mol. The average Bonchev–Trinajstić information content (AvgIpc) is 2.80. The van der Waals surface area contributed by atoms with Crippen LogP contribution in [0.4, 0.5) is 0 Å². The second-order valence-electron chi connectivity index (χ2n) is 4.50. The van der Waals surface area contributed by atoms with Crippen molar-refractivity contribution in [3.05, 3.63) is 55.8 Å². The first-order valence-electron chi connectivity index (χ1n) is 5.93. The fraction of sp³-hybridized carbons (Fsp3) is 0. The molecule has 0 bridgehead atoms. The van der Waals surface area contributed by atoms with Gasteiger partial charge < -0.3 is 4.98 Å². The summed E-state index contributed by atoms with van der Waals surface area (Å²) in [5, 5.41) is 0.891. The Morgan fingerprint density at radius 1 is 1.15 bits per heavy atom. The maximum Gasteiger partial charge on any atom is 0.332 e. The Balaban J connectivity index is 2.39. The molecule has 2 aromatic heterocycles. The minimum Gasteiger partial charge on any atom is -0.305 e. The molecule has 20 heavy (non-hydrogen) atoms. The Morgan fingerprint density at radius 2 is 1.95 bits per heavy atom. The molecule has 4 rings (SSSR count). The third-order valence-electron chi connectivity index (χ3n) is 3.29. The molecule has 0 unspecified atom stereocenters. The van der Waals surface area contributed by atoms with Crippen molar-refractivity contribution in [1.82, 2.24) is 14.4 Å². The van der Waals surface area contributed by atoms with E-state index in [1.165, 1.54) is 0 Å². The fourth-order valence-electron chi connectivity index (χ4n) is 2.45. The first-order chi connectivity index (χ1) is 9.65. The highest BCUT2D eigenvalue weighted by molar-refractivity contribution is 9.11. The number of H-pyrrole nitrogens is 1. The van der Waals surface area contributed by atoms with Crippen molar-refractivity contribution in [2.75, 3.05) is 0 Å². The number of nitrogens with one attached hydrogen (secondary N) is 1. The van der Waals surface area contributed by atoms with Gasteiger partial charge in [-0.15, -0.1) is 0 Å². The van der Waals surface area contributed by atoms with Crippen LogP contribution in [0.2, 0.25) is 0 Å². The van der Waals surface area contributed by atoms with Gasteiger partial charge in [0.25, 0.3) is 0 Å². The summed E-state index contributed by atoms with van der Waals surface area (Å²) in [6.45, 7) is 0. The second-order valence-corrected chi connectivity index (χ2v) is 6.27. The van der Waals surface area contributed by atoms with Gasteiger partial charge in [0.15, 0.2) is 5.65 Å². The number of hydrogen-bond acceptors (Lipinski definition) is 2. The number of imidazole rings is 1. The van der Waals surface area contributed by atoms with Crippen molar-refractivity contribution in [3.8, 4) is 0 Å². The van der Waals surface area contributed by atoms with E-state index in [1.54, 1.807) is 4.40 Å². The number of hydrogen-bond donors (Lipinski definition) is 1. The van der Waals surface area contributed by atoms with Gasteiger partial charge in [0.1, 0.15) is 0 Å². The number of rotatable bonds is 0. The minimum atomic E-state index is -0.191. The lowest BCUT2D eigenvalue weighted by molar-refractivity contribution is 1.06. The zero-order valence-electron chi connectivity index (χ0n) is 10.0. The minimum absolute atomic E-state index is 0.191. The summed E-state index contributed by atoms with van der Waals surface area (Å²) < 4.78 is 3.36. The van der Waals surface area contributed by atoms with Crippen LogP contribution in [-0.2, 0) is 0 Å². The highest BCUT2D eigenvalue weighted by Gasteiger charge is 2.13. The Bertz CT molecular complexity index is 1050. The molecular formula is C14H7Br2N3O. The molecule has 0 saturated carbocycles. The molecular weight excluding hydrogens is 386 g/mol. The lowest BCUT2D eigenvalue weighted by Gasteiger charge is -2.04. The summed E-state index contributed by atoms with van der Waals surface area (Å²) in [5.41, 5.74) is 2.83. The molecule has 6 heteroatoms. The Hall–Kier alpha value is -1.66. The number of fused-ring (bicyclic) bond motifs is 5. The molecule has 0 aliphatic heterocycles. The molecule has 0 spiro atoms. The van der Waals surface area contributed by atoms with Gasteiger partial charge >= 0.3 is 5.69 Å². The SMILES string of the molecule is O=c1[nH]c2c(Br)cc(Br)cc2c2nc3ccccc3n12. The number of aromatic amines is 1. The van der Waals surface area contributed by atoms with E-state index >= 15 is 0 Å². The van der Waals surface area contributed by atoms with Crippen LogP contribution in [0.5, 0.6) is 0 Å². The molecule has 0 fully saturated rings. The van der Waals surface area contributed by atoms with Gasteiger partial charge in [-0.05, 0) is 40.2 Å². The molecule has 0 saturated heterocycles. The number of nitrogens with zero attached hydrogens (tertiary/aromatic N) is 2. The van der Waals surface area contributed by atoms with Crippen molar-refractivity contribution in [2.24, 2.45) is 0 Å². The quantitative estimate of drug-likeness (QED) is 0.494. The van der Waals surface area contributed by atoms with Crippen molar-refractivity contribution >= 4 is 59.4 Å². The maximum absolute atomic E-state index is 12.3. The van der Waals surface area contributed by atoms with Crippen LogP contribution in [0.1, 0.15) is 0 Å². The molecule has 98 valence electrons. The molecule has 2 aromatic carbocycles. The van der Waals surface area contributed by atoms with Crippen LogP contribution in [0.3, 0.4) is 0 Å². The first-order valence-corrected chi connectivity index (χ1v) is 7.52. The van der Waals surface area contributed by atoms with Crippen molar-refractivity contribution in [1.29, 1.82) is 0 Å². The van der Waals surface area contributed by atoms with E-state index in [2.05, 4.69) is 41.8 Å². The predicted molar refractivity (Wildman–Crippen MR) is 86.2 cm³/mol. The Kier molecular flexibility index (Phi) is 2.52. The largest absolute Gasteiger partial charge is 0.332 e. The van der Waals surface area contributed by atoms with Crippen molar-refractivity contribution in [3.63, 3.8) is 0 Å². The highest BCUT2D eigenvalue weighted by Crippen LogP contribution is 2.29. The molecule has 4 aromatic rings. The van der Waals surface area contributed by atoms with Crippen molar-refractivity contribution < 1.29 is 0 Å². The highest BCUT2D eigenvalue weighted by atomic mass is 79.9. The Morgan fingerprint density at radius 3 is 2.80 bits per heavy atom. The van der Waals surface area contributed by atoms with E-state index < -0.39 is 0 Å². The van der Waals surface area contributed by atoms with Crippen molar-refractivity contribution in [2.45, 2.75) is 0 Å². The van der Waals surface area contributed by atoms with Gasteiger partial charge in [0, 0.05) is 14.3 Å². The third kappa shape index (κ3) is 1.58. The van der Waals surface area contributed by atoms with Gasteiger partial charge in [0.05, 0.1) is 16.6 Å². The summed E-state index contributed by atoms with van der Waals surface area (Å²) in [7, 11) is 0. The van der Waals surface area contributed by atoms with E-state index in [-0.39, 0.29) is 5.69 Å². The first kappa shape index (κ1) is 12.1. The zero-order valence-corrected chi connectivity index (χ0v) is 13.2. The van der Waals surface area contributed by atoms with E-state index in [9.17, 15) is 4.79 Å². The zero-order chi connectivity index (χ0) is 13.9. The van der Waals surface area contributed by atoms with Crippen LogP contribution >= 0.6 is 31.9 Å². The lowest BCUT2D eigenvalue weighted by Crippen LogP contribution is -2.16. The number of para-hydroxylation sites is 2. The third-order valence-corrected chi connectivity index (χ3v) is 4.37. The van der Waals surface area contributed by atoms with E-state index in [0.29, 0.717) is 5.65 Å². The van der Waals surface area contributed by atoms with Crippen LogP contribution in [0, 0.1) is 0 Å². The van der Waals surface area contributed by atoms with Crippen LogP contribution in [0.25, 0.3) is 27.6 Å². The van der Waals surface area contributed by atoms with E-state index in [0.717, 1.165) is 30.9 Å². The van der Waals surface area contributed by atoms with Gasteiger partial charge in [-0.2, -0.15) is 0 Å². The molecule has 0 amide bonds. The van der Waals surface area contributed by atoms with Gasteiger partial charge in [-0.1, -0.05) is 28.1 Å². The Labute approximate surface area is 129 Å². The van der Waals surface area contributed by atoms with E-state index in [1.807, 2.05) is 36.4 Å². The standard InChI is InChI=1S/C14H7Br2N3O/c15-7-5-8-12(9(16)6-7)18-14(20)19-11-4-2-1-3-10(11)17-13(8)19/h1-6H,(H,18,20). The summed E-state index contributed by atoms with van der Waals surface area (Å²) in [6, 6.07) is 11.5. The van der Waals surface area contributed by atoms with E-state index in [4.69, 9.17) is 0 Å². The maximum atomic E-state index is 12.3.